The zero-order valence-electron chi connectivity index (χ0n) is 11.3. The highest BCUT2D eigenvalue weighted by atomic mass is 35.5. The van der Waals surface area contributed by atoms with Crippen molar-refractivity contribution >= 4 is 38.9 Å². The summed E-state index contributed by atoms with van der Waals surface area (Å²) in [5.41, 5.74) is 0.386. The molecule has 2 aliphatic rings. The summed E-state index contributed by atoms with van der Waals surface area (Å²) in [6, 6.07) is 4.67. The van der Waals surface area contributed by atoms with Crippen LogP contribution in [0.2, 0.25) is 10.0 Å². The van der Waals surface area contributed by atoms with Crippen molar-refractivity contribution in [3.8, 4) is 0 Å². The van der Waals surface area contributed by atoms with Gasteiger partial charge in [0.1, 0.15) is 0 Å². The van der Waals surface area contributed by atoms with E-state index < -0.39 is 9.84 Å². The third kappa shape index (κ3) is 3.20. The summed E-state index contributed by atoms with van der Waals surface area (Å²) in [4.78, 5) is 14.5. The minimum atomic E-state index is -3.03. The number of carbonyl (C=O) groups excluding carboxylic acids is 1. The van der Waals surface area contributed by atoms with Gasteiger partial charge in [-0.2, -0.15) is 0 Å². The van der Waals surface area contributed by atoms with Crippen molar-refractivity contribution in [1.29, 1.82) is 0 Å². The predicted molar refractivity (Wildman–Crippen MR) is 82.7 cm³/mol. The van der Waals surface area contributed by atoms with E-state index in [2.05, 4.69) is 0 Å². The fourth-order valence-electron chi connectivity index (χ4n) is 2.78. The number of sulfone groups is 1. The van der Waals surface area contributed by atoms with Gasteiger partial charge in [0.2, 0.25) is 0 Å². The quantitative estimate of drug-likeness (QED) is 0.844. The molecule has 0 radical (unpaired) electrons. The second kappa shape index (κ2) is 5.45. The van der Waals surface area contributed by atoms with Gasteiger partial charge in [-0.05, 0) is 37.5 Å². The summed E-state index contributed by atoms with van der Waals surface area (Å²) in [6.45, 7) is 0. The maximum absolute atomic E-state index is 12.8. The molecule has 1 amide bonds. The Hall–Kier alpha value is -0.780. The van der Waals surface area contributed by atoms with Crippen molar-refractivity contribution in [2.75, 3.05) is 11.5 Å². The lowest BCUT2D eigenvalue weighted by atomic mass is 10.1. The Bertz CT molecular complexity index is 685. The Morgan fingerprint density at radius 3 is 2.38 bits per heavy atom. The van der Waals surface area contributed by atoms with E-state index in [1.165, 1.54) is 6.07 Å². The summed E-state index contributed by atoms with van der Waals surface area (Å²) < 4.78 is 23.4. The molecule has 1 aliphatic carbocycles. The monoisotopic (exact) mass is 347 g/mol. The minimum absolute atomic E-state index is 0.0560. The summed E-state index contributed by atoms with van der Waals surface area (Å²) >= 11 is 12.0. The molecule has 0 N–H and O–H groups in total. The zero-order valence-corrected chi connectivity index (χ0v) is 13.6. The normalized spacial score (nSPS) is 24.0. The second-order valence-electron chi connectivity index (χ2n) is 5.62. The van der Waals surface area contributed by atoms with Crippen molar-refractivity contribution < 1.29 is 13.2 Å². The number of halogens is 2. The van der Waals surface area contributed by atoms with Gasteiger partial charge < -0.3 is 4.90 Å². The van der Waals surface area contributed by atoms with E-state index in [0.717, 1.165) is 12.8 Å². The Morgan fingerprint density at radius 1 is 1.14 bits per heavy atom. The molecule has 3 rings (SSSR count). The van der Waals surface area contributed by atoms with E-state index in [1.54, 1.807) is 17.0 Å². The van der Waals surface area contributed by atoms with Crippen LogP contribution in [0.25, 0.3) is 0 Å². The molecule has 0 bridgehead atoms. The van der Waals surface area contributed by atoms with E-state index in [-0.39, 0.29) is 29.5 Å². The average molecular weight is 348 g/mol. The fraction of sp³-hybridized carbons (Fsp3) is 0.500. The maximum Gasteiger partial charge on any atom is 0.255 e. The molecule has 114 valence electrons. The van der Waals surface area contributed by atoms with Crippen molar-refractivity contribution in [3.63, 3.8) is 0 Å². The van der Waals surface area contributed by atoms with Crippen LogP contribution < -0.4 is 0 Å². The Morgan fingerprint density at radius 2 is 1.86 bits per heavy atom. The number of rotatable bonds is 3. The van der Waals surface area contributed by atoms with Crippen LogP contribution >= 0.6 is 23.2 Å². The highest BCUT2D eigenvalue weighted by molar-refractivity contribution is 7.91. The topological polar surface area (TPSA) is 54.5 Å². The molecule has 4 nitrogen and oxygen atoms in total. The Balaban J connectivity index is 1.89. The number of carbonyl (C=O) groups is 1. The van der Waals surface area contributed by atoms with E-state index in [4.69, 9.17) is 23.2 Å². The maximum atomic E-state index is 12.8. The zero-order chi connectivity index (χ0) is 15.2. The van der Waals surface area contributed by atoms with Gasteiger partial charge in [-0.15, -0.1) is 0 Å². The minimum Gasteiger partial charge on any atom is -0.332 e. The molecule has 0 aromatic heterocycles. The molecule has 21 heavy (non-hydrogen) atoms. The van der Waals surface area contributed by atoms with E-state index >= 15 is 0 Å². The van der Waals surface area contributed by atoms with Crippen LogP contribution in [0.3, 0.4) is 0 Å². The Labute approximate surface area is 133 Å². The molecule has 1 aliphatic heterocycles. The first-order chi connectivity index (χ1) is 9.87. The van der Waals surface area contributed by atoms with Crippen molar-refractivity contribution in [1.82, 2.24) is 4.90 Å². The van der Waals surface area contributed by atoms with Crippen LogP contribution in [-0.4, -0.2) is 42.8 Å². The molecule has 2 fully saturated rings. The standard InChI is InChI=1S/C14H15Cl2NO3S/c15-9-1-4-12(13(16)7-9)14(18)17(10-2-3-10)11-5-6-21(19,20)8-11/h1,4,7,10-11H,2-3,5-6,8H2. The van der Waals surface area contributed by atoms with Crippen LogP contribution in [0.15, 0.2) is 18.2 Å². The summed E-state index contributed by atoms with van der Waals surface area (Å²) in [6.07, 6.45) is 2.36. The first-order valence-corrected chi connectivity index (χ1v) is 9.43. The third-order valence-corrected chi connectivity index (χ3v) is 6.24. The number of hydrogen-bond acceptors (Lipinski definition) is 3. The molecule has 1 saturated heterocycles. The largest absolute Gasteiger partial charge is 0.332 e. The molecule has 1 saturated carbocycles. The highest BCUT2D eigenvalue weighted by Gasteiger charge is 2.42. The molecule has 7 heteroatoms. The average Bonchev–Trinajstić information content (AvgIpc) is 3.14. The molecule has 1 aromatic rings. The number of amides is 1. The van der Waals surface area contributed by atoms with Crippen molar-refractivity contribution in [2.45, 2.75) is 31.3 Å². The van der Waals surface area contributed by atoms with Crippen LogP contribution in [0.1, 0.15) is 29.6 Å². The predicted octanol–water partition coefficient (Wildman–Crippen LogP) is 2.79. The first-order valence-electron chi connectivity index (χ1n) is 6.85. The highest BCUT2D eigenvalue weighted by Crippen LogP contribution is 2.34. The van der Waals surface area contributed by atoms with E-state index in [1.807, 2.05) is 0 Å². The van der Waals surface area contributed by atoms with Gasteiger partial charge in [0.25, 0.3) is 5.91 Å². The van der Waals surface area contributed by atoms with Gasteiger partial charge >= 0.3 is 0 Å². The molecular weight excluding hydrogens is 333 g/mol. The van der Waals surface area contributed by atoms with Gasteiger partial charge in [-0.3, -0.25) is 4.79 Å². The van der Waals surface area contributed by atoms with Gasteiger partial charge in [0.15, 0.2) is 9.84 Å². The molecule has 1 unspecified atom stereocenters. The van der Waals surface area contributed by atoms with Crippen molar-refractivity contribution in [2.24, 2.45) is 0 Å². The lowest BCUT2D eigenvalue weighted by Gasteiger charge is -2.28. The molecule has 1 aromatic carbocycles. The summed E-state index contributed by atoms with van der Waals surface area (Å²) in [5.74, 6) is 0.0180. The lowest BCUT2D eigenvalue weighted by molar-refractivity contribution is 0.0681. The SMILES string of the molecule is O=C(c1ccc(Cl)cc1Cl)N(C1CC1)C1CCS(=O)(=O)C1. The molecule has 1 heterocycles. The molecule has 0 spiro atoms. The van der Waals surface area contributed by atoms with Crippen LogP contribution in [0.4, 0.5) is 0 Å². The van der Waals surface area contributed by atoms with Gasteiger partial charge in [0.05, 0.1) is 22.1 Å². The van der Waals surface area contributed by atoms with Crippen LogP contribution in [-0.2, 0) is 9.84 Å². The van der Waals surface area contributed by atoms with Gasteiger partial charge in [-0.25, -0.2) is 8.42 Å². The summed E-state index contributed by atoms with van der Waals surface area (Å²) in [5, 5.41) is 0.775. The van der Waals surface area contributed by atoms with Crippen LogP contribution in [0, 0.1) is 0 Å². The Kier molecular flexibility index (Phi) is 3.93. The van der Waals surface area contributed by atoms with Crippen molar-refractivity contribution in [3.05, 3.63) is 33.8 Å². The number of hydrogen-bond donors (Lipinski definition) is 0. The number of nitrogens with zero attached hydrogens (tertiary/aromatic N) is 1. The fourth-order valence-corrected chi connectivity index (χ4v) is 4.98. The molecule has 1 atom stereocenters. The molecular formula is C14H15Cl2NO3S. The summed E-state index contributed by atoms with van der Waals surface area (Å²) in [7, 11) is -3.03. The second-order valence-corrected chi connectivity index (χ2v) is 8.70. The first kappa shape index (κ1) is 15.1. The van der Waals surface area contributed by atoms with E-state index in [9.17, 15) is 13.2 Å². The number of benzene rings is 1. The third-order valence-electron chi connectivity index (χ3n) is 3.94. The van der Waals surface area contributed by atoms with Gasteiger partial charge in [0, 0.05) is 17.1 Å². The van der Waals surface area contributed by atoms with Crippen LogP contribution in [0.5, 0.6) is 0 Å². The smallest absolute Gasteiger partial charge is 0.255 e. The lowest BCUT2D eigenvalue weighted by Crippen LogP contribution is -2.42. The van der Waals surface area contributed by atoms with Gasteiger partial charge in [-0.1, -0.05) is 23.2 Å². The van der Waals surface area contributed by atoms with E-state index in [0.29, 0.717) is 22.0 Å².